The Morgan fingerprint density at radius 3 is 2.29 bits per heavy atom. The van der Waals surface area contributed by atoms with E-state index in [0.717, 1.165) is 16.9 Å². The van der Waals surface area contributed by atoms with Crippen molar-refractivity contribution < 1.29 is 17.9 Å². The van der Waals surface area contributed by atoms with Crippen molar-refractivity contribution in [3.05, 3.63) is 89.5 Å². The molecule has 6 nitrogen and oxygen atoms in total. The number of carbonyl (C=O) groups is 1. The lowest BCUT2D eigenvalue weighted by Gasteiger charge is -2.19. The molecule has 0 heterocycles. The number of aryl methyl sites for hydroxylation is 1. The van der Waals surface area contributed by atoms with Gasteiger partial charge in [0.25, 0.3) is 15.9 Å². The van der Waals surface area contributed by atoms with Gasteiger partial charge in [-0.1, -0.05) is 43.3 Å². The number of nitrogens with one attached hydrogen (secondary N) is 2. The van der Waals surface area contributed by atoms with E-state index in [-0.39, 0.29) is 16.8 Å². The van der Waals surface area contributed by atoms with Crippen LogP contribution in [0.5, 0.6) is 5.75 Å². The lowest BCUT2D eigenvalue weighted by molar-refractivity contribution is 0.0935. The van der Waals surface area contributed by atoms with Gasteiger partial charge in [0.15, 0.2) is 0 Å². The van der Waals surface area contributed by atoms with Gasteiger partial charge in [0.05, 0.1) is 23.7 Å². The molecule has 3 aromatic carbocycles. The van der Waals surface area contributed by atoms with Crippen LogP contribution in [-0.2, 0) is 10.0 Å². The molecule has 0 aliphatic carbocycles. The number of benzene rings is 3. The molecule has 1 amide bonds. The fraction of sp³-hybridized carbons (Fsp3) is 0.208. The third kappa shape index (κ3) is 5.44. The minimum Gasteiger partial charge on any atom is -0.497 e. The molecular weight excluding hydrogens is 412 g/mol. The monoisotopic (exact) mass is 438 g/mol. The molecule has 7 heteroatoms. The molecule has 0 saturated carbocycles. The van der Waals surface area contributed by atoms with Crippen molar-refractivity contribution in [2.45, 2.75) is 31.2 Å². The lowest BCUT2D eigenvalue weighted by Crippen LogP contribution is -2.28. The second kappa shape index (κ2) is 9.66. The zero-order valence-electron chi connectivity index (χ0n) is 17.8. The highest BCUT2D eigenvalue weighted by Crippen LogP contribution is 2.23. The van der Waals surface area contributed by atoms with Crippen molar-refractivity contribution in [3.8, 4) is 5.75 Å². The highest BCUT2D eigenvalue weighted by atomic mass is 32.2. The molecule has 0 spiro atoms. The van der Waals surface area contributed by atoms with E-state index in [2.05, 4.69) is 10.0 Å². The number of carbonyl (C=O) groups excluding carboxylic acids is 1. The second-order valence-corrected chi connectivity index (χ2v) is 8.84. The number of anilines is 1. The van der Waals surface area contributed by atoms with Crippen molar-refractivity contribution in [1.82, 2.24) is 5.32 Å². The van der Waals surface area contributed by atoms with E-state index in [1.54, 1.807) is 50.4 Å². The molecule has 0 unspecified atom stereocenters. The molecule has 2 N–H and O–H groups in total. The Morgan fingerprint density at radius 1 is 1.00 bits per heavy atom. The summed E-state index contributed by atoms with van der Waals surface area (Å²) in [5, 5.41) is 3.02. The molecule has 3 rings (SSSR count). The minimum absolute atomic E-state index is 0.162. The SMILES string of the molecule is CC[C@H](NC(=O)c1ccc(C)c(NS(=O)(=O)c2ccccc2)c1)c1ccc(OC)cc1. The Bertz CT molecular complexity index is 1140. The van der Waals surface area contributed by atoms with Crippen LogP contribution in [0, 0.1) is 6.92 Å². The van der Waals surface area contributed by atoms with E-state index in [1.807, 2.05) is 31.2 Å². The quantitative estimate of drug-likeness (QED) is 0.535. The number of sulfonamides is 1. The van der Waals surface area contributed by atoms with E-state index in [4.69, 9.17) is 4.74 Å². The van der Waals surface area contributed by atoms with E-state index in [1.165, 1.54) is 12.1 Å². The van der Waals surface area contributed by atoms with Gasteiger partial charge in [0, 0.05) is 5.56 Å². The first-order valence-corrected chi connectivity index (χ1v) is 11.5. The summed E-state index contributed by atoms with van der Waals surface area (Å²) in [4.78, 5) is 13.1. The van der Waals surface area contributed by atoms with Crippen molar-refractivity contribution >= 4 is 21.6 Å². The van der Waals surface area contributed by atoms with Crippen LogP contribution >= 0.6 is 0 Å². The standard InChI is InChI=1S/C24H26N2O4S/c1-4-22(18-12-14-20(30-3)15-13-18)25-24(27)19-11-10-17(2)23(16-19)26-31(28,29)21-8-6-5-7-9-21/h5-16,22,26H,4H2,1-3H3,(H,25,27)/t22-/m0/s1. The van der Waals surface area contributed by atoms with Crippen molar-refractivity contribution in [2.24, 2.45) is 0 Å². The number of hydrogen-bond donors (Lipinski definition) is 2. The predicted molar refractivity (Wildman–Crippen MR) is 122 cm³/mol. The van der Waals surface area contributed by atoms with Crippen LogP contribution in [0.3, 0.4) is 0 Å². The summed E-state index contributed by atoms with van der Waals surface area (Å²) in [5.74, 6) is 0.474. The van der Waals surface area contributed by atoms with E-state index in [0.29, 0.717) is 17.7 Å². The molecule has 0 aliphatic rings. The maximum atomic E-state index is 12.9. The van der Waals surface area contributed by atoms with Gasteiger partial charge in [0.2, 0.25) is 0 Å². The molecule has 0 saturated heterocycles. The van der Waals surface area contributed by atoms with Crippen LogP contribution in [-0.4, -0.2) is 21.4 Å². The lowest BCUT2D eigenvalue weighted by atomic mass is 10.0. The van der Waals surface area contributed by atoms with E-state index in [9.17, 15) is 13.2 Å². The Kier molecular flexibility index (Phi) is 6.97. The van der Waals surface area contributed by atoms with Gasteiger partial charge in [0.1, 0.15) is 5.75 Å². The van der Waals surface area contributed by atoms with Crippen molar-refractivity contribution in [1.29, 1.82) is 0 Å². The smallest absolute Gasteiger partial charge is 0.261 e. The van der Waals surface area contributed by atoms with Gasteiger partial charge in [-0.2, -0.15) is 0 Å². The molecule has 162 valence electrons. The molecule has 0 bridgehead atoms. The summed E-state index contributed by atoms with van der Waals surface area (Å²) < 4.78 is 33.1. The molecular formula is C24H26N2O4S. The number of hydrogen-bond acceptors (Lipinski definition) is 4. The third-order valence-electron chi connectivity index (χ3n) is 5.03. The van der Waals surface area contributed by atoms with Crippen LogP contribution in [0.1, 0.15) is 40.9 Å². The van der Waals surface area contributed by atoms with Crippen molar-refractivity contribution in [3.63, 3.8) is 0 Å². The van der Waals surface area contributed by atoms with Crippen LogP contribution in [0.15, 0.2) is 77.7 Å². The Morgan fingerprint density at radius 2 is 1.68 bits per heavy atom. The van der Waals surface area contributed by atoms with Gasteiger partial charge >= 0.3 is 0 Å². The molecule has 0 radical (unpaired) electrons. The zero-order chi connectivity index (χ0) is 22.4. The molecule has 1 atom stereocenters. The largest absolute Gasteiger partial charge is 0.497 e. The summed E-state index contributed by atoms with van der Waals surface area (Å²) in [6.45, 7) is 3.78. The van der Waals surface area contributed by atoms with Gasteiger partial charge in [-0.15, -0.1) is 0 Å². The van der Waals surface area contributed by atoms with Crippen LogP contribution in [0.25, 0.3) is 0 Å². The van der Waals surface area contributed by atoms with Gasteiger partial charge in [-0.05, 0) is 60.9 Å². The Balaban J connectivity index is 1.80. The first kappa shape index (κ1) is 22.4. The first-order valence-electron chi connectivity index (χ1n) is 9.97. The van der Waals surface area contributed by atoms with Crippen LogP contribution < -0.4 is 14.8 Å². The molecule has 0 fully saturated rings. The molecule has 31 heavy (non-hydrogen) atoms. The number of ether oxygens (including phenoxy) is 1. The zero-order valence-corrected chi connectivity index (χ0v) is 18.6. The molecule has 0 aromatic heterocycles. The van der Waals surface area contributed by atoms with E-state index >= 15 is 0 Å². The summed E-state index contributed by atoms with van der Waals surface area (Å²) >= 11 is 0. The average molecular weight is 439 g/mol. The molecule has 3 aromatic rings. The average Bonchev–Trinajstić information content (AvgIpc) is 2.79. The van der Waals surface area contributed by atoms with Gasteiger partial charge < -0.3 is 10.1 Å². The van der Waals surface area contributed by atoms with Gasteiger partial charge in [-0.25, -0.2) is 8.42 Å². The van der Waals surface area contributed by atoms with Crippen LogP contribution in [0.2, 0.25) is 0 Å². The summed E-state index contributed by atoms with van der Waals surface area (Å²) in [5.41, 5.74) is 2.43. The minimum atomic E-state index is -3.75. The fourth-order valence-electron chi connectivity index (χ4n) is 3.18. The predicted octanol–water partition coefficient (Wildman–Crippen LogP) is 4.69. The summed E-state index contributed by atoms with van der Waals surface area (Å²) in [6.07, 6.45) is 0.706. The Hall–Kier alpha value is -3.32. The third-order valence-corrected chi connectivity index (χ3v) is 6.41. The summed E-state index contributed by atoms with van der Waals surface area (Å²) in [6, 6.07) is 20.5. The summed E-state index contributed by atoms with van der Waals surface area (Å²) in [7, 11) is -2.14. The highest BCUT2D eigenvalue weighted by Gasteiger charge is 2.18. The van der Waals surface area contributed by atoms with Gasteiger partial charge in [-0.3, -0.25) is 9.52 Å². The number of methoxy groups -OCH3 is 1. The highest BCUT2D eigenvalue weighted by molar-refractivity contribution is 7.92. The van der Waals surface area contributed by atoms with Crippen molar-refractivity contribution in [2.75, 3.05) is 11.8 Å². The number of amides is 1. The topological polar surface area (TPSA) is 84.5 Å². The fourth-order valence-corrected chi connectivity index (χ4v) is 4.32. The second-order valence-electron chi connectivity index (χ2n) is 7.16. The van der Waals surface area contributed by atoms with Crippen LogP contribution in [0.4, 0.5) is 5.69 Å². The maximum absolute atomic E-state index is 12.9. The molecule has 0 aliphatic heterocycles. The van der Waals surface area contributed by atoms with E-state index < -0.39 is 10.0 Å². The normalized spacial score (nSPS) is 12.1. The number of rotatable bonds is 8. The Labute approximate surface area is 183 Å². The maximum Gasteiger partial charge on any atom is 0.261 e. The first-order chi connectivity index (χ1) is 14.8.